The van der Waals surface area contributed by atoms with Crippen LogP contribution in [0.4, 0.5) is 23.2 Å². The zero-order valence-electron chi connectivity index (χ0n) is 12.8. The van der Waals surface area contributed by atoms with E-state index in [1.807, 2.05) is 13.8 Å². The van der Waals surface area contributed by atoms with E-state index < -0.39 is 28.7 Å². The Labute approximate surface area is 131 Å². The molecule has 0 saturated carbocycles. The van der Waals surface area contributed by atoms with Gasteiger partial charge in [0.2, 0.25) is 0 Å². The van der Waals surface area contributed by atoms with E-state index in [1.54, 1.807) is 0 Å². The molecule has 0 N–H and O–H groups in total. The van der Waals surface area contributed by atoms with Crippen LogP contribution in [0.25, 0.3) is 0 Å². The highest BCUT2D eigenvalue weighted by Gasteiger charge is 2.42. The van der Waals surface area contributed by atoms with Crippen LogP contribution in [0, 0.1) is 23.3 Å². The zero-order chi connectivity index (χ0) is 16.8. The Balaban J connectivity index is 2.24. The minimum Gasteiger partial charge on any atom is -0.251 e. The van der Waals surface area contributed by atoms with Crippen molar-refractivity contribution in [1.29, 1.82) is 0 Å². The molecule has 0 amide bonds. The van der Waals surface area contributed by atoms with Crippen molar-refractivity contribution in [1.82, 2.24) is 0 Å². The first kappa shape index (κ1) is 15.7. The van der Waals surface area contributed by atoms with Gasteiger partial charge in [0, 0.05) is 11.5 Å². The number of halogens is 4. The molecule has 1 aliphatic heterocycles. The van der Waals surface area contributed by atoms with Crippen molar-refractivity contribution in [2.24, 2.45) is 4.99 Å². The summed E-state index contributed by atoms with van der Waals surface area (Å²) in [5, 5.41) is 0. The van der Waals surface area contributed by atoms with E-state index in [4.69, 9.17) is 0 Å². The lowest BCUT2D eigenvalue weighted by molar-refractivity contribution is 0.496. The second kappa shape index (κ2) is 5.48. The van der Waals surface area contributed by atoms with Gasteiger partial charge in [-0.1, -0.05) is 13.8 Å². The topological polar surface area (TPSA) is 12.4 Å². The predicted molar refractivity (Wildman–Crippen MR) is 81.2 cm³/mol. The van der Waals surface area contributed by atoms with Crippen molar-refractivity contribution in [3.8, 4) is 0 Å². The smallest absolute Gasteiger partial charge is 0.160 e. The first-order chi connectivity index (χ1) is 10.9. The summed E-state index contributed by atoms with van der Waals surface area (Å²) in [6.45, 7) is 3.82. The molecule has 0 fully saturated rings. The summed E-state index contributed by atoms with van der Waals surface area (Å²) in [6, 6.07) is 5.77. The highest BCUT2D eigenvalue weighted by atomic mass is 19.2. The van der Waals surface area contributed by atoms with Gasteiger partial charge in [0.25, 0.3) is 0 Å². The fraction of sp³-hybridized carbons (Fsp3) is 0.278. The number of hydrogen-bond acceptors (Lipinski definition) is 1. The van der Waals surface area contributed by atoms with Gasteiger partial charge < -0.3 is 0 Å². The van der Waals surface area contributed by atoms with Crippen LogP contribution in [0.5, 0.6) is 0 Å². The molecule has 0 spiro atoms. The number of hydrogen-bond donors (Lipinski definition) is 0. The van der Waals surface area contributed by atoms with E-state index in [2.05, 4.69) is 4.99 Å². The summed E-state index contributed by atoms with van der Waals surface area (Å²) >= 11 is 0. The Kier molecular flexibility index (Phi) is 3.74. The van der Waals surface area contributed by atoms with Gasteiger partial charge in [-0.15, -0.1) is 0 Å². The molecule has 2 aromatic rings. The molecule has 2 aromatic carbocycles. The van der Waals surface area contributed by atoms with E-state index in [-0.39, 0.29) is 0 Å². The number of aliphatic imine (C=N–C) groups is 1. The summed E-state index contributed by atoms with van der Waals surface area (Å²) in [4.78, 5) is 4.41. The van der Waals surface area contributed by atoms with Gasteiger partial charge in [0.05, 0.1) is 11.4 Å². The molecule has 0 radical (unpaired) electrons. The quantitative estimate of drug-likeness (QED) is 0.668. The molecule has 0 aromatic heterocycles. The van der Waals surface area contributed by atoms with Gasteiger partial charge in [0.15, 0.2) is 23.3 Å². The highest BCUT2D eigenvalue weighted by molar-refractivity contribution is 6.12. The maximum atomic E-state index is 13.7. The summed E-state index contributed by atoms with van der Waals surface area (Å²) in [6.07, 6.45) is 1.17. The first-order valence-corrected chi connectivity index (χ1v) is 7.47. The molecule has 1 nitrogen and oxygen atoms in total. The van der Waals surface area contributed by atoms with Crippen LogP contribution in [0.2, 0.25) is 0 Å². The third kappa shape index (κ3) is 2.26. The zero-order valence-corrected chi connectivity index (χ0v) is 12.8. The van der Waals surface area contributed by atoms with Crippen LogP contribution in [0.15, 0.2) is 35.3 Å². The van der Waals surface area contributed by atoms with Crippen molar-refractivity contribution >= 4 is 11.4 Å². The summed E-state index contributed by atoms with van der Waals surface area (Å²) < 4.78 is 54.0. The fourth-order valence-corrected chi connectivity index (χ4v) is 3.32. The lowest BCUT2D eigenvalue weighted by Crippen LogP contribution is -2.32. The number of nitrogens with zero attached hydrogens (tertiary/aromatic N) is 1. The normalized spacial score (nSPS) is 15.5. The molecule has 0 unspecified atom stereocenters. The molecule has 0 atom stereocenters. The van der Waals surface area contributed by atoms with E-state index in [0.29, 0.717) is 35.4 Å². The van der Waals surface area contributed by atoms with Gasteiger partial charge in [0.1, 0.15) is 0 Å². The number of benzene rings is 2. The van der Waals surface area contributed by atoms with Crippen molar-refractivity contribution in [2.45, 2.75) is 32.1 Å². The summed E-state index contributed by atoms with van der Waals surface area (Å²) in [5.41, 5.74) is 1.22. The molecule has 1 heterocycles. The minimum absolute atomic E-state index is 0.340. The van der Waals surface area contributed by atoms with Gasteiger partial charge in [-0.05, 0) is 48.2 Å². The van der Waals surface area contributed by atoms with Crippen LogP contribution in [-0.2, 0) is 5.41 Å². The third-order valence-corrected chi connectivity index (χ3v) is 4.64. The van der Waals surface area contributed by atoms with Gasteiger partial charge in [-0.25, -0.2) is 17.6 Å². The minimum atomic E-state index is -0.973. The molecule has 0 bridgehead atoms. The van der Waals surface area contributed by atoms with Crippen LogP contribution in [-0.4, -0.2) is 5.71 Å². The summed E-state index contributed by atoms with van der Waals surface area (Å²) in [7, 11) is 0. The van der Waals surface area contributed by atoms with Crippen LogP contribution in [0.1, 0.15) is 37.8 Å². The van der Waals surface area contributed by atoms with Crippen molar-refractivity contribution in [2.75, 3.05) is 0 Å². The Morgan fingerprint density at radius 2 is 1.43 bits per heavy atom. The highest BCUT2D eigenvalue weighted by Crippen LogP contribution is 2.47. The van der Waals surface area contributed by atoms with Crippen molar-refractivity contribution < 1.29 is 17.6 Å². The van der Waals surface area contributed by atoms with Gasteiger partial charge >= 0.3 is 0 Å². The lowest BCUT2D eigenvalue weighted by atomic mass is 9.71. The number of fused-ring (bicyclic) bond motifs is 1. The van der Waals surface area contributed by atoms with Gasteiger partial charge in [-0.2, -0.15) is 0 Å². The average Bonchev–Trinajstić information content (AvgIpc) is 2.84. The van der Waals surface area contributed by atoms with Crippen LogP contribution < -0.4 is 0 Å². The molecule has 1 aliphatic rings. The van der Waals surface area contributed by atoms with E-state index in [0.717, 1.165) is 24.3 Å². The maximum Gasteiger partial charge on any atom is 0.160 e. The standard InChI is InChI=1S/C18H15F4N/c1-3-18(4-2)11-8-14(21)15(22)9-16(11)23-17(18)10-5-6-12(19)13(20)7-10/h5-9H,3-4H2,1-2H3. The SMILES string of the molecule is CCC1(CC)C(c2ccc(F)c(F)c2)=Nc2cc(F)c(F)cc21. The largest absolute Gasteiger partial charge is 0.251 e. The monoisotopic (exact) mass is 321 g/mol. The summed E-state index contributed by atoms with van der Waals surface area (Å²) in [5.74, 6) is -3.82. The predicted octanol–water partition coefficient (Wildman–Crippen LogP) is 5.44. The first-order valence-electron chi connectivity index (χ1n) is 7.47. The maximum absolute atomic E-state index is 13.7. The van der Waals surface area contributed by atoms with E-state index >= 15 is 0 Å². The molecule has 3 rings (SSSR count). The molecule has 5 heteroatoms. The Hall–Kier alpha value is -2.17. The third-order valence-electron chi connectivity index (χ3n) is 4.64. The average molecular weight is 321 g/mol. The molecule has 23 heavy (non-hydrogen) atoms. The second-order valence-corrected chi connectivity index (χ2v) is 5.66. The Bertz CT molecular complexity index is 807. The lowest BCUT2D eigenvalue weighted by Gasteiger charge is -2.30. The Morgan fingerprint density at radius 1 is 0.826 bits per heavy atom. The molecule has 120 valence electrons. The van der Waals surface area contributed by atoms with Gasteiger partial charge in [-0.3, -0.25) is 4.99 Å². The molecule has 0 aliphatic carbocycles. The second-order valence-electron chi connectivity index (χ2n) is 5.66. The fourth-order valence-electron chi connectivity index (χ4n) is 3.32. The Morgan fingerprint density at radius 3 is 2.04 bits per heavy atom. The molecule has 0 saturated heterocycles. The van der Waals surface area contributed by atoms with Crippen molar-refractivity contribution in [3.63, 3.8) is 0 Å². The molecular weight excluding hydrogens is 306 g/mol. The van der Waals surface area contributed by atoms with E-state index in [9.17, 15) is 17.6 Å². The van der Waals surface area contributed by atoms with E-state index in [1.165, 1.54) is 6.07 Å². The van der Waals surface area contributed by atoms with Crippen molar-refractivity contribution in [3.05, 3.63) is 64.7 Å². The van der Waals surface area contributed by atoms with Crippen LogP contribution in [0.3, 0.4) is 0 Å². The number of rotatable bonds is 3. The van der Waals surface area contributed by atoms with Crippen LogP contribution >= 0.6 is 0 Å². The molecular formula is C18H15F4N.